The number of hydrogen-bond acceptors (Lipinski definition) is 5. The average Bonchev–Trinajstić information content (AvgIpc) is 3.96. The van der Waals surface area contributed by atoms with Gasteiger partial charge in [0.2, 0.25) is 0 Å². The molecule has 43 heavy (non-hydrogen) atoms. The van der Waals surface area contributed by atoms with E-state index in [1.165, 1.54) is 12.1 Å². The largest absolute Gasteiger partial charge is 0.490 e. The Kier molecular flexibility index (Phi) is 7.16. The number of ether oxygens (including phenoxy) is 2. The first-order valence-electron chi connectivity index (χ1n) is 14.5. The van der Waals surface area contributed by atoms with Gasteiger partial charge in [0.25, 0.3) is 5.91 Å². The van der Waals surface area contributed by atoms with Crippen LogP contribution in [0.3, 0.4) is 0 Å². The molecule has 1 unspecified atom stereocenters. The monoisotopic (exact) mass is 607 g/mol. The predicted octanol–water partition coefficient (Wildman–Crippen LogP) is 7.12. The van der Waals surface area contributed by atoms with Crippen molar-refractivity contribution >= 4 is 28.4 Å². The topological polar surface area (TPSA) is 73.3 Å². The molecule has 0 spiro atoms. The Morgan fingerprint density at radius 3 is 2.56 bits per heavy atom. The molecule has 1 N–H and O–H groups in total. The van der Waals surface area contributed by atoms with E-state index in [9.17, 15) is 18.0 Å². The van der Waals surface area contributed by atoms with Crippen LogP contribution in [-0.4, -0.2) is 48.5 Å². The van der Waals surface area contributed by atoms with Gasteiger partial charge < -0.3 is 14.8 Å². The number of alkyl halides is 2. The van der Waals surface area contributed by atoms with Gasteiger partial charge in [0.15, 0.2) is 0 Å². The summed E-state index contributed by atoms with van der Waals surface area (Å²) in [5, 5.41) is 4.22. The van der Waals surface area contributed by atoms with Crippen LogP contribution in [0.4, 0.5) is 13.2 Å². The van der Waals surface area contributed by atoms with Gasteiger partial charge in [-0.05, 0) is 80.1 Å². The highest BCUT2D eigenvalue weighted by molar-refractivity contribution is 6.31. The average molecular weight is 608 g/mol. The lowest BCUT2D eigenvalue weighted by Crippen LogP contribution is -2.33. The Morgan fingerprint density at radius 2 is 1.86 bits per heavy atom. The lowest BCUT2D eigenvalue weighted by Gasteiger charge is -2.23. The zero-order valence-electron chi connectivity index (χ0n) is 23.2. The highest BCUT2D eigenvalue weighted by Crippen LogP contribution is 2.48. The number of carbonyl (C=O) groups is 1. The highest BCUT2D eigenvalue weighted by Gasteiger charge is 2.45. The summed E-state index contributed by atoms with van der Waals surface area (Å²) in [6.45, 7) is -1.74. The van der Waals surface area contributed by atoms with E-state index in [1.807, 2.05) is 0 Å². The van der Waals surface area contributed by atoms with E-state index < -0.39 is 24.6 Å². The molecule has 0 radical (unpaired) electrons. The van der Waals surface area contributed by atoms with E-state index in [1.54, 1.807) is 42.6 Å². The molecule has 4 aromatic rings. The second-order valence-corrected chi connectivity index (χ2v) is 12.2. The van der Waals surface area contributed by atoms with Gasteiger partial charge in [-0.1, -0.05) is 11.6 Å². The van der Waals surface area contributed by atoms with Gasteiger partial charge in [-0.3, -0.25) is 9.78 Å². The van der Waals surface area contributed by atoms with Gasteiger partial charge >= 0.3 is 0 Å². The number of benzene rings is 2. The first-order chi connectivity index (χ1) is 20.9. The Morgan fingerprint density at radius 1 is 1.09 bits per heavy atom. The minimum atomic E-state index is -1.43. The van der Waals surface area contributed by atoms with Gasteiger partial charge in [-0.15, -0.1) is 0 Å². The fourth-order valence-corrected chi connectivity index (χ4v) is 5.89. The van der Waals surface area contributed by atoms with Crippen molar-refractivity contribution in [1.29, 1.82) is 0 Å². The number of amides is 1. The molecule has 1 amide bonds. The fraction of sp³-hybridized carbons (Fsp3) is 0.364. The first kappa shape index (κ1) is 28.0. The minimum absolute atomic E-state index is 0.115. The number of halogens is 4. The smallest absolute Gasteiger partial charge is 0.251 e. The summed E-state index contributed by atoms with van der Waals surface area (Å²) in [7, 11) is 0. The molecule has 2 aromatic heterocycles. The number of rotatable bonds is 10. The van der Waals surface area contributed by atoms with Crippen molar-refractivity contribution in [3.05, 3.63) is 82.4 Å². The van der Waals surface area contributed by atoms with Crippen molar-refractivity contribution in [3.63, 3.8) is 0 Å². The molecule has 0 bridgehead atoms. The predicted molar refractivity (Wildman–Crippen MR) is 157 cm³/mol. The molecule has 2 aliphatic carbocycles. The maximum Gasteiger partial charge on any atom is 0.251 e. The van der Waals surface area contributed by atoms with E-state index in [0.29, 0.717) is 55.5 Å². The van der Waals surface area contributed by atoms with E-state index in [2.05, 4.69) is 10.3 Å². The molecule has 1 atom stereocenters. The number of hydrogen-bond donors (Lipinski definition) is 1. The highest BCUT2D eigenvalue weighted by atomic mass is 35.5. The summed E-state index contributed by atoms with van der Waals surface area (Å²) >= 11 is 6.19. The zero-order chi connectivity index (χ0) is 29.7. The Balaban J connectivity index is 1.22. The summed E-state index contributed by atoms with van der Waals surface area (Å²) in [6, 6.07) is 12.7. The van der Waals surface area contributed by atoms with E-state index in [4.69, 9.17) is 26.1 Å². The zero-order valence-corrected chi connectivity index (χ0v) is 24.0. The van der Waals surface area contributed by atoms with Gasteiger partial charge in [0, 0.05) is 46.4 Å². The molecule has 10 heteroatoms. The number of aromatic nitrogens is 2. The van der Waals surface area contributed by atoms with Crippen molar-refractivity contribution in [2.75, 3.05) is 26.5 Å². The third kappa shape index (κ3) is 5.39. The first-order valence-corrected chi connectivity index (χ1v) is 14.9. The molecule has 2 fully saturated rings. The van der Waals surface area contributed by atoms with E-state index in [0.717, 1.165) is 25.7 Å². The summed E-state index contributed by atoms with van der Waals surface area (Å²) in [5.41, 5.74) is 1.65. The summed E-state index contributed by atoms with van der Waals surface area (Å²) in [4.78, 5) is 22.8. The Hall–Kier alpha value is -3.85. The summed E-state index contributed by atoms with van der Waals surface area (Å²) in [6.07, 6.45) is 5.47. The molecular formula is C33H29ClF3N3O3. The number of nitrogens with zero attached hydrogens (tertiary/aromatic N) is 2. The van der Waals surface area contributed by atoms with Crippen LogP contribution in [0, 0.1) is 11.7 Å². The maximum absolute atomic E-state index is 14.3. The Labute approximate surface area is 251 Å². The van der Waals surface area contributed by atoms with Crippen LogP contribution in [0.5, 0.6) is 11.5 Å². The molecule has 0 saturated heterocycles. The van der Waals surface area contributed by atoms with E-state index >= 15 is 0 Å². The quantitative estimate of drug-likeness (QED) is 0.208. The summed E-state index contributed by atoms with van der Waals surface area (Å²) in [5.74, 6) is 0.195. The normalized spacial score (nSPS) is 17.8. The van der Waals surface area contributed by atoms with Crippen LogP contribution in [0.2, 0.25) is 5.02 Å². The van der Waals surface area contributed by atoms with Crippen LogP contribution in [-0.2, 0) is 5.41 Å². The Bertz CT molecular complexity index is 1710. The number of fused-ring (bicyclic) bond motifs is 2. The SMILES string of the molecule is O=C(NCC(c1cc2c(c(-c3ccc(F)cc3)n1)OCC2(CF)CF)C1CC1)c1cc(OC2CC2)c2ncc(Cl)cc2c1. The van der Waals surface area contributed by atoms with Gasteiger partial charge in [-0.2, -0.15) is 0 Å². The number of nitrogens with one attached hydrogen (secondary N) is 1. The molecule has 3 heterocycles. The number of pyridine rings is 2. The van der Waals surface area contributed by atoms with Gasteiger partial charge in [-0.25, -0.2) is 18.2 Å². The minimum Gasteiger partial charge on any atom is -0.490 e. The molecular weight excluding hydrogens is 579 g/mol. The second kappa shape index (κ2) is 11.0. The van der Waals surface area contributed by atoms with Crippen molar-refractivity contribution in [2.45, 2.75) is 43.1 Å². The van der Waals surface area contributed by atoms with Crippen molar-refractivity contribution in [3.8, 4) is 22.8 Å². The lowest BCUT2D eigenvalue weighted by atomic mass is 9.83. The number of carbonyl (C=O) groups excluding carboxylic acids is 1. The third-order valence-corrected chi connectivity index (χ3v) is 8.74. The van der Waals surface area contributed by atoms with Gasteiger partial charge in [0.05, 0.1) is 16.5 Å². The molecule has 6 nitrogen and oxygen atoms in total. The van der Waals surface area contributed by atoms with Crippen molar-refractivity contribution in [1.82, 2.24) is 15.3 Å². The van der Waals surface area contributed by atoms with Crippen LogP contribution < -0.4 is 14.8 Å². The summed E-state index contributed by atoms with van der Waals surface area (Å²) < 4.78 is 54.3. The maximum atomic E-state index is 14.3. The van der Waals surface area contributed by atoms with Crippen molar-refractivity contribution < 1.29 is 27.4 Å². The third-order valence-electron chi connectivity index (χ3n) is 8.53. The second-order valence-electron chi connectivity index (χ2n) is 11.8. The van der Waals surface area contributed by atoms with Crippen molar-refractivity contribution in [2.24, 2.45) is 5.92 Å². The molecule has 2 saturated carbocycles. The lowest BCUT2D eigenvalue weighted by molar-refractivity contribution is 0.0949. The standard InChI is InChI=1S/C33H29ClF3N3O3/c34-22-10-20-9-21(11-28(29(20)38-13-22)43-24-7-8-24)32(41)39-14-25(18-1-2-18)27-12-26-31(42-17-33(26,15-35)16-36)30(40-27)19-3-5-23(37)6-4-19/h3-6,9-13,18,24-25H,1-2,7-8,14-17H2,(H,39,41). The molecule has 1 aliphatic heterocycles. The van der Waals surface area contributed by atoms with Crippen LogP contribution in [0.15, 0.2) is 54.7 Å². The van der Waals surface area contributed by atoms with Gasteiger partial charge in [0.1, 0.15) is 48.5 Å². The molecule has 7 rings (SSSR count). The molecule has 2 aromatic carbocycles. The van der Waals surface area contributed by atoms with Crippen LogP contribution in [0.25, 0.3) is 22.2 Å². The van der Waals surface area contributed by atoms with Crippen LogP contribution >= 0.6 is 11.6 Å². The fourth-order valence-electron chi connectivity index (χ4n) is 5.72. The molecule has 222 valence electrons. The van der Waals surface area contributed by atoms with Crippen LogP contribution in [0.1, 0.15) is 53.2 Å². The molecule has 3 aliphatic rings. The van der Waals surface area contributed by atoms with E-state index in [-0.39, 0.29) is 37.0 Å².